The fourth-order valence-electron chi connectivity index (χ4n) is 2.02. The Labute approximate surface area is 129 Å². The quantitative estimate of drug-likeness (QED) is 0.627. The van der Waals surface area contributed by atoms with Crippen LogP contribution in [0, 0.1) is 6.92 Å². The molecule has 2 aromatic carbocycles. The smallest absolute Gasteiger partial charge is 0.288 e. The van der Waals surface area contributed by atoms with Gasteiger partial charge >= 0.3 is 0 Å². The fraction of sp³-hybridized carbons (Fsp3) is 0.133. The van der Waals surface area contributed by atoms with Crippen LogP contribution in [-0.2, 0) is 0 Å². The van der Waals surface area contributed by atoms with Gasteiger partial charge in [0.1, 0.15) is 0 Å². The first kappa shape index (κ1) is 14.3. The molecule has 0 amide bonds. The molecule has 0 aliphatic heterocycles. The molecule has 108 valence electrons. The Kier molecular flexibility index (Phi) is 4.07. The first-order valence-corrected chi connectivity index (χ1v) is 8.00. The van der Waals surface area contributed by atoms with Gasteiger partial charge in [0.05, 0.1) is 15.9 Å². The Morgan fingerprint density at radius 2 is 1.95 bits per heavy atom. The van der Waals surface area contributed by atoms with Crippen molar-refractivity contribution in [3.8, 4) is 0 Å². The number of thiazole rings is 1. The average Bonchev–Trinajstić information content (AvgIpc) is 2.84. The van der Waals surface area contributed by atoms with E-state index in [4.69, 9.17) is 0 Å². The molecule has 0 saturated heterocycles. The monoisotopic (exact) mass is 322 g/mol. The lowest BCUT2D eigenvalue weighted by molar-refractivity contribution is 0.252. The lowest BCUT2D eigenvalue weighted by atomic mass is 10.2. The van der Waals surface area contributed by atoms with Crippen molar-refractivity contribution in [2.75, 3.05) is 5.32 Å². The van der Waals surface area contributed by atoms with Gasteiger partial charge in [-0.25, -0.2) is 4.98 Å². The van der Waals surface area contributed by atoms with Crippen LogP contribution in [0.25, 0.3) is 10.2 Å². The van der Waals surface area contributed by atoms with Gasteiger partial charge in [0.15, 0.2) is 5.13 Å². The van der Waals surface area contributed by atoms with Gasteiger partial charge in [-0.2, -0.15) is 8.78 Å². The predicted octanol–water partition coefficient (Wildman–Crippen LogP) is 5.66. The highest BCUT2D eigenvalue weighted by molar-refractivity contribution is 7.99. The van der Waals surface area contributed by atoms with Crippen LogP contribution in [0.15, 0.2) is 47.4 Å². The number of rotatable bonds is 4. The molecule has 0 bridgehead atoms. The normalized spacial score (nSPS) is 11.2. The summed E-state index contributed by atoms with van der Waals surface area (Å²) in [7, 11) is 0. The van der Waals surface area contributed by atoms with Crippen LogP contribution >= 0.6 is 23.1 Å². The molecule has 0 aliphatic rings. The molecular formula is C15H12F2N2S2. The summed E-state index contributed by atoms with van der Waals surface area (Å²) in [5, 5.41) is 3.86. The van der Waals surface area contributed by atoms with Crippen molar-refractivity contribution in [1.82, 2.24) is 4.98 Å². The third kappa shape index (κ3) is 3.16. The Bertz CT molecular complexity index is 771. The van der Waals surface area contributed by atoms with Crippen molar-refractivity contribution < 1.29 is 8.78 Å². The van der Waals surface area contributed by atoms with E-state index in [9.17, 15) is 8.78 Å². The Morgan fingerprint density at radius 1 is 1.14 bits per heavy atom. The first-order chi connectivity index (χ1) is 10.1. The lowest BCUT2D eigenvalue weighted by Gasteiger charge is -2.08. The third-order valence-electron chi connectivity index (χ3n) is 2.97. The van der Waals surface area contributed by atoms with E-state index in [0.717, 1.165) is 15.8 Å². The van der Waals surface area contributed by atoms with Gasteiger partial charge in [0.2, 0.25) is 0 Å². The molecule has 3 aromatic rings. The molecule has 1 aromatic heterocycles. The van der Waals surface area contributed by atoms with Crippen LogP contribution < -0.4 is 5.32 Å². The average molecular weight is 322 g/mol. The van der Waals surface area contributed by atoms with Gasteiger partial charge in [-0.05, 0) is 30.7 Å². The highest BCUT2D eigenvalue weighted by Gasteiger charge is 2.11. The zero-order valence-electron chi connectivity index (χ0n) is 11.1. The fourth-order valence-corrected chi connectivity index (χ4v) is 3.57. The number of anilines is 2. The van der Waals surface area contributed by atoms with Gasteiger partial charge in [-0.15, -0.1) is 0 Å². The Morgan fingerprint density at radius 3 is 2.71 bits per heavy atom. The predicted molar refractivity (Wildman–Crippen MR) is 85.9 cm³/mol. The number of halogens is 2. The van der Waals surface area contributed by atoms with Crippen molar-refractivity contribution >= 4 is 44.1 Å². The highest BCUT2D eigenvalue weighted by Crippen LogP contribution is 2.35. The molecule has 0 atom stereocenters. The van der Waals surface area contributed by atoms with Crippen LogP contribution in [0.5, 0.6) is 0 Å². The van der Waals surface area contributed by atoms with Gasteiger partial charge in [0, 0.05) is 4.90 Å². The molecule has 1 heterocycles. The molecule has 1 N–H and O–H groups in total. The van der Waals surface area contributed by atoms with E-state index >= 15 is 0 Å². The van der Waals surface area contributed by atoms with Crippen LogP contribution in [0.1, 0.15) is 5.56 Å². The zero-order chi connectivity index (χ0) is 14.8. The van der Waals surface area contributed by atoms with Gasteiger partial charge in [-0.3, -0.25) is 0 Å². The second-order valence-electron chi connectivity index (χ2n) is 4.44. The number of para-hydroxylation sites is 2. The van der Waals surface area contributed by atoms with E-state index in [-0.39, 0.29) is 0 Å². The number of thioether (sulfide) groups is 1. The minimum absolute atomic E-state index is 0.517. The summed E-state index contributed by atoms with van der Waals surface area (Å²) in [6, 6.07) is 13.0. The molecule has 3 rings (SSSR count). The second kappa shape index (κ2) is 5.99. The van der Waals surface area contributed by atoms with E-state index in [1.54, 1.807) is 18.2 Å². The van der Waals surface area contributed by atoms with E-state index in [1.165, 1.54) is 11.3 Å². The molecule has 0 saturated carbocycles. The third-order valence-corrected chi connectivity index (χ3v) is 4.69. The van der Waals surface area contributed by atoms with E-state index in [1.807, 2.05) is 31.2 Å². The van der Waals surface area contributed by atoms with E-state index < -0.39 is 5.76 Å². The molecule has 0 unspecified atom stereocenters. The summed E-state index contributed by atoms with van der Waals surface area (Å²) in [5.41, 5.74) is 2.70. The van der Waals surface area contributed by atoms with E-state index in [0.29, 0.717) is 27.5 Å². The number of benzene rings is 2. The van der Waals surface area contributed by atoms with Gasteiger partial charge in [-0.1, -0.05) is 47.4 Å². The maximum absolute atomic E-state index is 12.6. The van der Waals surface area contributed by atoms with Crippen LogP contribution in [-0.4, -0.2) is 10.7 Å². The summed E-state index contributed by atoms with van der Waals surface area (Å²) >= 11 is 2.05. The van der Waals surface area contributed by atoms with Crippen molar-refractivity contribution in [3.63, 3.8) is 0 Å². The minimum Gasteiger partial charge on any atom is -0.331 e. The summed E-state index contributed by atoms with van der Waals surface area (Å²) in [6.07, 6.45) is 0. The van der Waals surface area contributed by atoms with E-state index in [2.05, 4.69) is 10.3 Å². The van der Waals surface area contributed by atoms with Gasteiger partial charge in [0.25, 0.3) is 5.76 Å². The molecule has 21 heavy (non-hydrogen) atoms. The maximum atomic E-state index is 12.6. The summed E-state index contributed by atoms with van der Waals surface area (Å²) in [4.78, 5) is 5.06. The number of hydrogen-bond acceptors (Lipinski definition) is 4. The van der Waals surface area contributed by atoms with Crippen molar-refractivity contribution in [2.45, 2.75) is 17.6 Å². The topological polar surface area (TPSA) is 24.9 Å². The maximum Gasteiger partial charge on any atom is 0.288 e. The summed E-state index contributed by atoms with van der Waals surface area (Å²) in [6.45, 7) is 2.01. The van der Waals surface area contributed by atoms with Crippen molar-refractivity contribution in [1.29, 1.82) is 0 Å². The van der Waals surface area contributed by atoms with Gasteiger partial charge < -0.3 is 5.32 Å². The summed E-state index contributed by atoms with van der Waals surface area (Å²) in [5.74, 6) is -2.44. The Hall–Kier alpha value is -1.66. The minimum atomic E-state index is -2.44. The number of hydrogen-bond donors (Lipinski definition) is 1. The van der Waals surface area contributed by atoms with Crippen molar-refractivity contribution in [3.05, 3.63) is 48.0 Å². The number of nitrogens with zero attached hydrogens (tertiary/aromatic N) is 1. The van der Waals surface area contributed by atoms with Crippen LogP contribution in [0.2, 0.25) is 0 Å². The number of aromatic nitrogens is 1. The zero-order valence-corrected chi connectivity index (χ0v) is 12.8. The Balaban J connectivity index is 1.93. The molecule has 0 spiro atoms. The lowest BCUT2D eigenvalue weighted by Crippen LogP contribution is -1.93. The standard InChI is InChI=1S/C15H12F2N2S2/c1-9-5-4-8-12-13(9)19-15(21-12)18-10-6-2-3-7-11(10)20-14(16)17/h2-8,14H,1H3,(H,18,19). The largest absolute Gasteiger partial charge is 0.331 e. The molecule has 2 nitrogen and oxygen atoms in total. The number of alkyl halides is 2. The number of aryl methyl sites for hydroxylation is 1. The van der Waals surface area contributed by atoms with Crippen LogP contribution in [0.3, 0.4) is 0 Å². The van der Waals surface area contributed by atoms with Crippen LogP contribution in [0.4, 0.5) is 19.6 Å². The SMILES string of the molecule is Cc1cccc2sc(Nc3ccccc3SC(F)F)nc12. The first-order valence-electron chi connectivity index (χ1n) is 6.30. The summed E-state index contributed by atoms with van der Waals surface area (Å²) < 4.78 is 26.2. The molecule has 6 heteroatoms. The highest BCUT2D eigenvalue weighted by atomic mass is 32.2. The molecule has 0 aliphatic carbocycles. The van der Waals surface area contributed by atoms with Crippen molar-refractivity contribution in [2.24, 2.45) is 0 Å². The molecule has 0 radical (unpaired) electrons. The number of nitrogens with one attached hydrogen (secondary N) is 1. The molecular weight excluding hydrogens is 310 g/mol. The number of fused-ring (bicyclic) bond motifs is 1. The second-order valence-corrected chi connectivity index (χ2v) is 6.50. The molecule has 0 fully saturated rings.